The van der Waals surface area contributed by atoms with Gasteiger partial charge in [0.2, 0.25) is 5.91 Å². The Bertz CT molecular complexity index is 1840. The molecular formula is C45H62N6O7. The zero-order chi connectivity index (χ0) is 40.5. The average Bonchev–Trinajstić information content (AvgIpc) is 3.77. The largest absolute Gasteiger partial charge is 0.506 e. The van der Waals surface area contributed by atoms with E-state index in [4.69, 9.17) is 19.2 Å². The number of nitrogens with zero attached hydrogens (tertiary/aromatic N) is 4. The highest BCUT2D eigenvalue weighted by molar-refractivity contribution is 5.97. The Kier molecular flexibility index (Phi) is 14.2. The third-order valence-corrected chi connectivity index (χ3v) is 12.3. The molecule has 3 aliphatic heterocycles. The summed E-state index contributed by atoms with van der Waals surface area (Å²) in [6, 6.07) is 16.4. The van der Waals surface area contributed by atoms with Gasteiger partial charge in [0.15, 0.2) is 12.4 Å². The van der Waals surface area contributed by atoms with Crippen LogP contribution in [0.25, 0.3) is 0 Å². The van der Waals surface area contributed by atoms with Crippen molar-refractivity contribution in [2.75, 3.05) is 82.5 Å². The van der Waals surface area contributed by atoms with Gasteiger partial charge in [0.25, 0.3) is 5.91 Å². The Hall–Kier alpha value is -4.27. The number of phenols is 1. The van der Waals surface area contributed by atoms with E-state index in [1.165, 1.54) is 22.8 Å². The number of rotatable bonds is 17. The van der Waals surface area contributed by atoms with Crippen LogP contribution in [0.2, 0.25) is 0 Å². The molecule has 4 heterocycles. The SMILES string of the molecule is CC(C)c1ccnc(N2CCOC3(CCN(Cc4cccc(CCOCCC(=O)N(CCNCC(O)c5ccc(O)c6c5OCC(=O)N6)C5CCCC5)c4)CC3)C2)c1. The lowest BCUT2D eigenvalue weighted by molar-refractivity contribution is -0.134. The summed E-state index contributed by atoms with van der Waals surface area (Å²) in [5.41, 5.74) is 4.41. The normalized spacial score (nSPS) is 18.9. The second-order valence-corrected chi connectivity index (χ2v) is 16.7. The zero-order valence-electron chi connectivity index (χ0n) is 34.3. The van der Waals surface area contributed by atoms with Crippen LogP contribution in [0.3, 0.4) is 0 Å². The first-order chi connectivity index (χ1) is 28.2. The number of pyridine rings is 1. The van der Waals surface area contributed by atoms with Crippen molar-refractivity contribution in [3.63, 3.8) is 0 Å². The molecule has 1 aromatic heterocycles. The predicted octanol–water partition coefficient (Wildman–Crippen LogP) is 5.16. The van der Waals surface area contributed by atoms with Crippen LogP contribution < -0.4 is 20.3 Å². The molecule has 13 heteroatoms. The number of ether oxygens (including phenoxy) is 3. The van der Waals surface area contributed by atoms with Gasteiger partial charge in [0.1, 0.15) is 17.3 Å². The highest BCUT2D eigenvalue weighted by Crippen LogP contribution is 2.41. The maximum Gasteiger partial charge on any atom is 0.262 e. The lowest BCUT2D eigenvalue weighted by atomic mass is 9.89. The molecule has 1 unspecified atom stereocenters. The molecule has 3 fully saturated rings. The maximum absolute atomic E-state index is 13.5. The minimum absolute atomic E-state index is 0.0969. The first kappa shape index (κ1) is 41.9. The van der Waals surface area contributed by atoms with E-state index in [1.807, 2.05) is 11.1 Å². The summed E-state index contributed by atoms with van der Waals surface area (Å²) in [6.45, 7) is 11.9. The number of hydrogen-bond acceptors (Lipinski definition) is 11. The van der Waals surface area contributed by atoms with Gasteiger partial charge >= 0.3 is 0 Å². The Morgan fingerprint density at radius 1 is 1.09 bits per heavy atom. The molecule has 4 aliphatic rings. The highest BCUT2D eigenvalue weighted by Gasteiger charge is 2.40. The fourth-order valence-electron chi connectivity index (χ4n) is 8.88. The number of aromatic hydroxyl groups is 1. The molecule has 1 atom stereocenters. The van der Waals surface area contributed by atoms with Crippen molar-refractivity contribution >= 4 is 23.3 Å². The van der Waals surface area contributed by atoms with Gasteiger partial charge in [-0.1, -0.05) is 51.0 Å². The van der Waals surface area contributed by atoms with E-state index in [1.54, 1.807) is 6.07 Å². The molecular weight excluding hydrogens is 737 g/mol. The van der Waals surface area contributed by atoms with Crippen molar-refractivity contribution in [1.29, 1.82) is 0 Å². The molecule has 2 amide bonds. The van der Waals surface area contributed by atoms with E-state index < -0.39 is 6.10 Å². The van der Waals surface area contributed by atoms with Crippen molar-refractivity contribution in [2.24, 2.45) is 0 Å². The van der Waals surface area contributed by atoms with Gasteiger partial charge in [0.05, 0.1) is 37.9 Å². The summed E-state index contributed by atoms with van der Waals surface area (Å²) in [5.74, 6) is 1.45. The van der Waals surface area contributed by atoms with Crippen molar-refractivity contribution in [3.05, 3.63) is 77.0 Å². The van der Waals surface area contributed by atoms with Crippen LogP contribution in [-0.4, -0.2) is 121 Å². The molecule has 1 aliphatic carbocycles. The van der Waals surface area contributed by atoms with Gasteiger partial charge in [0, 0.05) is 70.2 Å². The summed E-state index contributed by atoms with van der Waals surface area (Å²) >= 11 is 0. The van der Waals surface area contributed by atoms with Gasteiger partial charge in [-0.3, -0.25) is 14.5 Å². The number of aliphatic hydroxyl groups is 1. The third-order valence-electron chi connectivity index (χ3n) is 12.3. The number of aliphatic hydroxyl groups excluding tert-OH is 1. The molecule has 7 rings (SSSR count). The van der Waals surface area contributed by atoms with Crippen molar-refractivity contribution in [1.82, 2.24) is 20.1 Å². The van der Waals surface area contributed by atoms with E-state index in [0.717, 1.165) is 90.1 Å². The molecule has 1 spiro atoms. The average molecular weight is 799 g/mol. The smallest absolute Gasteiger partial charge is 0.262 e. The molecule has 2 saturated heterocycles. The standard InChI is InChI=1S/C45H62N6O7/c1-32(2)35-12-17-47-40(27-35)50-22-25-58-45(31-50)15-19-49(20-16-45)29-34-7-5-6-33(26-34)13-23-56-24-14-42(55)51(36-8-3-4-9-36)21-18-46-28-39(53)37-10-11-38(52)43-44(37)57-30-41(54)48-43/h5-7,10-12,17,26-27,32,36,39,46,52-53H,3-4,8-9,13-16,18-25,28-31H2,1-2H3,(H,48,54). The number of morpholine rings is 1. The number of aromatic nitrogens is 1. The molecule has 58 heavy (non-hydrogen) atoms. The number of piperidine rings is 1. The summed E-state index contributed by atoms with van der Waals surface area (Å²) < 4.78 is 18.0. The van der Waals surface area contributed by atoms with E-state index >= 15 is 0 Å². The fraction of sp³-hybridized carbons (Fsp3) is 0.578. The number of carbonyl (C=O) groups is 2. The van der Waals surface area contributed by atoms with Crippen molar-refractivity contribution < 1.29 is 34.0 Å². The Labute approximate surface area is 343 Å². The van der Waals surface area contributed by atoms with Gasteiger partial charge in [-0.25, -0.2) is 4.98 Å². The topological polar surface area (TPSA) is 149 Å². The second-order valence-electron chi connectivity index (χ2n) is 16.7. The highest BCUT2D eigenvalue weighted by atomic mass is 16.5. The van der Waals surface area contributed by atoms with Crippen molar-refractivity contribution in [3.8, 4) is 11.5 Å². The van der Waals surface area contributed by atoms with Crippen LogP contribution in [-0.2, 0) is 32.0 Å². The van der Waals surface area contributed by atoms with Gasteiger partial charge in [-0.05, 0) is 79.0 Å². The Morgan fingerprint density at radius 3 is 2.71 bits per heavy atom. The predicted molar refractivity (Wildman–Crippen MR) is 223 cm³/mol. The number of amides is 2. The van der Waals surface area contributed by atoms with Crippen LogP contribution >= 0.6 is 0 Å². The van der Waals surface area contributed by atoms with Gasteiger partial charge in [-0.2, -0.15) is 0 Å². The van der Waals surface area contributed by atoms with Crippen LogP contribution in [0.4, 0.5) is 11.5 Å². The fourth-order valence-corrected chi connectivity index (χ4v) is 8.88. The zero-order valence-corrected chi connectivity index (χ0v) is 34.3. The third kappa shape index (κ3) is 10.7. The number of hydrogen-bond donors (Lipinski definition) is 4. The van der Waals surface area contributed by atoms with Crippen LogP contribution in [0.1, 0.15) is 93.1 Å². The van der Waals surface area contributed by atoms with E-state index in [2.05, 4.69) is 70.7 Å². The second kappa shape index (κ2) is 19.7. The number of phenolic OH excluding ortho intramolecular Hbond substituents is 1. The summed E-state index contributed by atoms with van der Waals surface area (Å²) in [6.07, 6.45) is 8.42. The molecule has 3 aromatic rings. The molecule has 314 valence electrons. The quantitative estimate of drug-likeness (QED) is 0.106. The van der Waals surface area contributed by atoms with Crippen LogP contribution in [0, 0.1) is 0 Å². The first-order valence-electron chi connectivity index (χ1n) is 21.4. The monoisotopic (exact) mass is 798 g/mol. The number of benzene rings is 2. The lowest BCUT2D eigenvalue weighted by Gasteiger charge is -2.47. The number of fused-ring (bicyclic) bond motifs is 1. The van der Waals surface area contributed by atoms with Gasteiger partial charge < -0.3 is 44.9 Å². The van der Waals surface area contributed by atoms with Crippen molar-refractivity contribution in [2.45, 2.75) is 95.4 Å². The number of likely N-dealkylation sites (tertiary alicyclic amines) is 1. The molecule has 0 radical (unpaired) electrons. The Morgan fingerprint density at radius 2 is 1.90 bits per heavy atom. The van der Waals surface area contributed by atoms with E-state index in [-0.39, 0.29) is 53.8 Å². The molecule has 4 N–H and O–H groups in total. The Balaban J connectivity index is 0.815. The summed E-state index contributed by atoms with van der Waals surface area (Å²) in [4.78, 5) is 36.9. The maximum atomic E-state index is 13.5. The van der Waals surface area contributed by atoms with Gasteiger partial charge in [-0.15, -0.1) is 0 Å². The van der Waals surface area contributed by atoms with E-state index in [9.17, 15) is 19.8 Å². The minimum atomic E-state index is -0.924. The summed E-state index contributed by atoms with van der Waals surface area (Å²) in [5, 5.41) is 26.9. The molecule has 2 aromatic carbocycles. The molecule has 1 saturated carbocycles. The minimum Gasteiger partial charge on any atom is -0.506 e. The van der Waals surface area contributed by atoms with Crippen LogP contribution in [0.15, 0.2) is 54.7 Å². The number of nitrogens with one attached hydrogen (secondary N) is 2. The molecule has 0 bridgehead atoms. The lowest BCUT2D eigenvalue weighted by Crippen LogP contribution is -2.57. The number of anilines is 2. The first-order valence-corrected chi connectivity index (χ1v) is 21.4. The molecule has 13 nitrogen and oxygen atoms in total. The van der Waals surface area contributed by atoms with E-state index in [0.29, 0.717) is 44.2 Å². The summed E-state index contributed by atoms with van der Waals surface area (Å²) in [7, 11) is 0. The van der Waals surface area contributed by atoms with Crippen LogP contribution in [0.5, 0.6) is 11.5 Å². The number of carbonyl (C=O) groups excluding carboxylic acids is 2.